The molecule has 2 amide bonds. The highest BCUT2D eigenvalue weighted by atomic mass is 16.5. The SMILES string of the molecule is CCC(C)NC(=O)CN1C(=O)COc2cc(C)ccc21. The smallest absolute Gasteiger partial charge is 0.265 e. The summed E-state index contributed by atoms with van der Waals surface area (Å²) in [7, 11) is 0. The molecule has 0 spiro atoms. The highest BCUT2D eigenvalue weighted by Crippen LogP contribution is 2.32. The van der Waals surface area contributed by atoms with Gasteiger partial charge in [-0.15, -0.1) is 0 Å². The fraction of sp³-hybridized carbons (Fsp3) is 0.467. The summed E-state index contributed by atoms with van der Waals surface area (Å²) in [5.74, 6) is 0.308. The van der Waals surface area contributed by atoms with Gasteiger partial charge in [-0.25, -0.2) is 0 Å². The zero-order valence-electron chi connectivity index (χ0n) is 12.1. The van der Waals surface area contributed by atoms with Gasteiger partial charge in [0, 0.05) is 6.04 Å². The summed E-state index contributed by atoms with van der Waals surface area (Å²) in [5, 5.41) is 2.87. The van der Waals surface area contributed by atoms with E-state index >= 15 is 0 Å². The van der Waals surface area contributed by atoms with E-state index in [-0.39, 0.29) is 31.0 Å². The average molecular weight is 276 g/mol. The van der Waals surface area contributed by atoms with Crippen LogP contribution in [0.2, 0.25) is 0 Å². The number of benzene rings is 1. The van der Waals surface area contributed by atoms with Crippen LogP contribution in [0.15, 0.2) is 18.2 Å². The van der Waals surface area contributed by atoms with Crippen LogP contribution in [0.3, 0.4) is 0 Å². The first kappa shape index (κ1) is 14.4. The lowest BCUT2D eigenvalue weighted by Gasteiger charge is -2.29. The lowest BCUT2D eigenvalue weighted by Crippen LogP contribution is -2.46. The molecule has 0 aliphatic carbocycles. The van der Waals surface area contributed by atoms with Gasteiger partial charge in [0.05, 0.1) is 5.69 Å². The molecule has 1 heterocycles. The predicted molar refractivity (Wildman–Crippen MR) is 76.9 cm³/mol. The molecule has 2 rings (SSSR count). The first-order valence-electron chi connectivity index (χ1n) is 6.84. The molecular formula is C15H20N2O3. The molecule has 0 fully saturated rings. The Balaban J connectivity index is 2.15. The number of carbonyl (C=O) groups is 2. The number of fused-ring (bicyclic) bond motifs is 1. The third-order valence-electron chi connectivity index (χ3n) is 3.38. The second-order valence-electron chi connectivity index (χ2n) is 5.12. The number of nitrogens with one attached hydrogen (secondary N) is 1. The Hall–Kier alpha value is -2.04. The van der Waals surface area contributed by atoms with Crippen LogP contribution in [-0.4, -0.2) is 31.0 Å². The number of nitrogens with zero attached hydrogens (tertiary/aromatic N) is 1. The third kappa shape index (κ3) is 3.10. The van der Waals surface area contributed by atoms with Crippen LogP contribution in [0.5, 0.6) is 5.75 Å². The van der Waals surface area contributed by atoms with Crippen molar-refractivity contribution in [2.75, 3.05) is 18.1 Å². The summed E-state index contributed by atoms with van der Waals surface area (Å²) in [5.41, 5.74) is 1.72. The van der Waals surface area contributed by atoms with Gasteiger partial charge < -0.3 is 10.1 Å². The molecule has 1 aliphatic heterocycles. The Kier molecular flexibility index (Phi) is 4.27. The monoisotopic (exact) mass is 276 g/mol. The van der Waals surface area contributed by atoms with Crippen LogP contribution in [0, 0.1) is 6.92 Å². The molecule has 0 bridgehead atoms. The van der Waals surface area contributed by atoms with Crippen molar-refractivity contribution in [2.45, 2.75) is 33.2 Å². The lowest BCUT2D eigenvalue weighted by atomic mass is 10.1. The molecule has 1 atom stereocenters. The number of anilines is 1. The molecule has 1 aromatic carbocycles. The molecule has 0 radical (unpaired) electrons. The summed E-state index contributed by atoms with van der Waals surface area (Å²) in [6.45, 7) is 5.91. The van der Waals surface area contributed by atoms with E-state index in [0.717, 1.165) is 12.0 Å². The van der Waals surface area contributed by atoms with Gasteiger partial charge >= 0.3 is 0 Å². The molecule has 5 nitrogen and oxygen atoms in total. The van der Waals surface area contributed by atoms with Gasteiger partial charge in [0.2, 0.25) is 5.91 Å². The summed E-state index contributed by atoms with van der Waals surface area (Å²) in [6.07, 6.45) is 0.860. The fourth-order valence-electron chi connectivity index (χ4n) is 2.05. The Labute approximate surface area is 118 Å². The van der Waals surface area contributed by atoms with Crippen molar-refractivity contribution in [1.29, 1.82) is 0 Å². The number of carbonyl (C=O) groups excluding carboxylic acids is 2. The number of ether oxygens (including phenoxy) is 1. The van der Waals surface area contributed by atoms with Crippen molar-refractivity contribution < 1.29 is 14.3 Å². The van der Waals surface area contributed by atoms with Crippen molar-refractivity contribution >= 4 is 17.5 Å². The molecule has 0 saturated carbocycles. The van der Waals surface area contributed by atoms with Crippen LogP contribution in [0.25, 0.3) is 0 Å². The van der Waals surface area contributed by atoms with Gasteiger partial charge in [0.15, 0.2) is 6.61 Å². The van der Waals surface area contributed by atoms with Gasteiger partial charge in [0.25, 0.3) is 5.91 Å². The fourth-order valence-corrected chi connectivity index (χ4v) is 2.05. The molecule has 20 heavy (non-hydrogen) atoms. The first-order chi connectivity index (χ1) is 9.51. The van der Waals surface area contributed by atoms with Gasteiger partial charge in [-0.2, -0.15) is 0 Å². The van der Waals surface area contributed by atoms with Crippen molar-refractivity contribution in [1.82, 2.24) is 5.32 Å². The van der Waals surface area contributed by atoms with Crippen LogP contribution in [-0.2, 0) is 9.59 Å². The molecule has 1 aliphatic rings. The molecule has 1 N–H and O–H groups in total. The second kappa shape index (κ2) is 5.94. The normalized spacial score (nSPS) is 15.3. The zero-order chi connectivity index (χ0) is 14.7. The van der Waals surface area contributed by atoms with Crippen LogP contribution < -0.4 is 15.0 Å². The van der Waals surface area contributed by atoms with E-state index in [2.05, 4.69) is 5.32 Å². The summed E-state index contributed by atoms with van der Waals surface area (Å²) in [4.78, 5) is 25.4. The molecule has 108 valence electrons. The maximum atomic E-state index is 12.0. The number of rotatable bonds is 4. The first-order valence-corrected chi connectivity index (χ1v) is 6.84. The van der Waals surface area contributed by atoms with E-state index < -0.39 is 0 Å². The Morgan fingerprint density at radius 1 is 1.50 bits per heavy atom. The Morgan fingerprint density at radius 2 is 2.25 bits per heavy atom. The van der Waals surface area contributed by atoms with E-state index in [1.807, 2.05) is 39.0 Å². The quantitative estimate of drug-likeness (QED) is 0.909. The van der Waals surface area contributed by atoms with Crippen LogP contribution in [0.4, 0.5) is 5.69 Å². The van der Waals surface area contributed by atoms with Gasteiger partial charge in [-0.05, 0) is 38.0 Å². The van der Waals surface area contributed by atoms with E-state index in [9.17, 15) is 9.59 Å². The summed E-state index contributed by atoms with van der Waals surface area (Å²) in [6, 6.07) is 5.70. The highest BCUT2D eigenvalue weighted by Gasteiger charge is 2.27. The third-order valence-corrected chi connectivity index (χ3v) is 3.38. The Bertz CT molecular complexity index is 528. The van der Waals surface area contributed by atoms with Crippen LogP contribution >= 0.6 is 0 Å². The summed E-state index contributed by atoms with van der Waals surface area (Å²) >= 11 is 0. The van der Waals surface area contributed by atoms with Gasteiger partial charge in [0.1, 0.15) is 12.3 Å². The minimum absolute atomic E-state index is 0.0208. The van der Waals surface area contributed by atoms with E-state index in [4.69, 9.17) is 4.74 Å². The Morgan fingerprint density at radius 3 is 2.95 bits per heavy atom. The summed E-state index contributed by atoms with van der Waals surface area (Å²) < 4.78 is 5.41. The van der Waals surface area contributed by atoms with Crippen LogP contribution in [0.1, 0.15) is 25.8 Å². The van der Waals surface area contributed by atoms with E-state index in [1.165, 1.54) is 4.90 Å². The molecule has 0 saturated heterocycles. The number of amides is 2. The number of hydrogen-bond acceptors (Lipinski definition) is 3. The van der Waals surface area contributed by atoms with Crippen molar-refractivity contribution in [3.8, 4) is 5.75 Å². The van der Waals surface area contributed by atoms with Gasteiger partial charge in [-0.1, -0.05) is 13.0 Å². The van der Waals surface area contributed by atoms with Crippen molar-refractivity contribution in [2.24, 2.45) is 0 Å². The number of aryl methyl sites for hydroxylation is 1. The van der Waals surface area contributed by atoms with E-state index in [0.29, 0.717) is 11.4 Å². The predicted octanol–water partition coefficient (Wildman–Crippen LogP) is 1.64. The second-order valence-corrected chi connectivity index (χ2v) is 5.12. The molecule has 0 aromatic heterocycles. The lowest BCUT2D eigenvalue weighted by molar-refractivity contribution is -0.125. The highest BCUT2D eigenvalue weighted by molar-refractivity contribution is 6.02. The molecule has 1 unspecified atom stereocenters. The minimum atomic E-state index is -0.194. The maximum absolute atomic E-state index is 12.0. The maximum Gasteiger partial charge on any atom is 0.265 e. The molecule has 1 aromatic rings. The molecule has 5 heteroatoms. The minimum Gasteiger partial charge on any atom is -0.482 e. The average Bonchev–Trinajstić information content (AvgIpc) is 2.41. The van der Waals surface area contributed by atoms with E-state index in [1.54, 1.807) is 0 Å². The largest absolute Gasteiger partial charge is 0.482 e. The standard InChI is InChI=1S/C15H20N2O3/c1-4-11(3)16-14(18)8-17-12-6-5-10(2)7-13(12)20-9-15(17)19/h5-7,11H,4,8-9H2,1-3H3,(H,16,18). The molecular weight excluding hydrogens is 256 g/mol. The number of hydrogen-bond donors (Lipinski definition) is 1. The van der Waals surface area contributed by atoms with Gasteiger partial charge in [-0.3, -0.25) is 14.5 Å². The van der Waals surface area contributed by atoms with Crippen molar-refractivity contribution in [3.05, 3.63) is 23.8 Å². The topological polar surface area (TPSA) is 58.6 Å². The van der Waals surface area contributed by atoms with Crippen molar-refractivity contribution in [3.63, 3.8) is 0 Å². The zero-order valence-corrected chi connectivity index (χ0v) is 12.1.